The number of aliphatic hydroxyl groups is 1. The zero-order valence-corrected chi connectivity index (χ0v) is 8.25. The Labute approximate surface area is 82.3 Å². The highest BCUT2D eigenvalue weighted by Crippen LogP contribution is 2.22. The van der Waals surface area contributed by atoms with Crippen LogP contribution in [-0.2, 0) is 4.74 Å². The Bertz CT molecular complexity index is 247. The molecule has 4 heteroatoms. The summed E-state index contributed by atoms with van der Waals surface area (Å²) in [6.45, 7) is 0.644. The molecule has 0 aliphatic heterocycles. The van der Waals surface area contributed by atoms with Gasteiger partial charge in [-0.25, -0.2) is 0 Å². The molecule has 0 saturated heterocycles. The van der Waals surface area contributed by atoms with Crippen LogP contribution >= 0.6 is 11.6 Å². The van der Waals surface area contributed by atoms with Crippen molar-refractivity contribution in [3.8, 4) is 0 Å². The van der Waals surface area contributed by atoms with E-state index in [1.54, 1.807) is 19.2 Å². The minimum absolute atomic E-state index is 0.306. The predicted molar refractivity (Wildman–Crippen MR) is 49.8 cm³/mol. The highest BCUT2D eigenvalue weighted by molar-refractivity contribution is 6.28. The standard InChI is InChI=1S/C9H13ClO3/c1-12-6-2-3-7(11)8-4-5-9(10)13-8/h4-5,7,11H,2-3,6H2,1H3. The highest BCUT2D eigenvalue weighted by atomic mass is 35.5. The summed E-state index contributed by atoms with van der Waals surface area (Å²) in [5.41, 5.74) is 0. The molecule has 1 heterocycles. The van der Waals surface area contributed by atoms with Crippen LogP contribution in [0.15, 0.2) is 16.5 Å². The third-order valence-corrected chi connectivity index (χ3v) is 1.95. The second kappa shape index (κ2) is 5.27. The molecular formula is C9H13ClO3. The molecule has 3 nitrogen and oxygen atoms in total. The number of furan rings is 1. The van der Waals surface area contributed by atoms with E-state index in [9.17, 15) is 5.11 Å². The fraction of sp³-hybridized carbons (Fsp3) is 0.556. The molecule has 1 rings (SSSR count). The maximum absolute atomic E-state index is 9.55. The van der Waals surface area contributed by atoms with Gasteiger partial charge in [-0.3, -0.25) is 0 Å². The zero-order valence-electron chi connectivity index (χ0n) is 7.50. The molecule has 74 valence electrons. The quantitative estimate of drug-likeness (QED) is 0.749. The van der Waals surface area contributed by atoms with Gasteiger partial charge in [0.2, 0.25) is 0 Å². The molecular weight excluding hydrogens is 192 g/mol. The predicted octanol–water partition coefficient (Wildman–Crippen LogP) is 2.39. The maximum atomic E-state index is 9.55. The van der Waals surface area contributed by atoms with Gasteiger partial charge in [0.25, 0.3) is 0 Å². The SMILES string of the molecule is COCCCC(O)c1ccc(Cl)o1. The molecule has 13 heavy (non-hydrogen) atoms. The molecule has 0 saturated carbocycles. The molecule has 0 amide bonds. The summed E-state index contributed by atoms with van der Waals surface area (Å²) in [7, 11) is 1.64. The summed E-state index contributed by atoms with van der Waals surface area (Å²) in [6.07, 6.45) is 0.843. The summed E-state index contributed by atoms with van der Waals surface area (Å²) in [5, 5.41) is 9.86. The van der Waals surface area contributed by atoms with Gasteiger partial charge >= 0.3 is 0 Å². The fourth-order valence-electron chi connectivity index (χ4n) is 1.07. The average molecular weight is 205 g/mol. The van der Waals surface area contributed by atoms with Crippen LogP contribution in [0, 0.1) is 0 Å². The van der Waals surface area contributed by atoms with E-state index in [1.165, 1.54) is 0 Å². The smallest absolute Gasteiger partial charge is 0.193 e. The summed E-state index contributed by atoms with van der Waals surface area (Å²) in [5.74, 6) is 0.515. The maximum Gasteiger partial charge on any atom is 0.193 e. The van der Waals surface area contributed by atoms with Crippen LogP contribution in [-0.4, -0.2) is 18.8 Å². The number of halogens is 1. The Kier molecular flexibility index (Phi) is 4.28. The molecule has 1 N–H and O–H groups in total. The fourth-order valence-corrected chi connectivity index (χ4v) is 1.22. The molecule has 0 aliphatic rings. The van der Waals surface area contributed by atoms with Crippen molar-refractivity contribution in [2.24, 2.45) is 0 Å². The van der Waals surface area contributed by atoms with Crippen molar-refractivity contribution in [1.82, 2.24) is 0 Å². The van der Waals surface area contributed by atoms with E-state index in [-0.39, 0.29) is 0 Å². The van der Waals surface area contributed by atoms with Crippen LogP contribution in [0.4, 0.5) is 0 Å². The zero-order chi connectivity index (χ0) is 9.68. The summed E-state index contributed by atoms with van der Waals surface area (Å²) < 4.78 is 9.92. The summed E-state index contributed by atoms with van der Waals surface area (Å²) in [4.78, 5) is 0. The van der Waals surface area contributed by atoms with E-state index in [0.717, 1.165) is 6.42 Å². The van der Waals surface area contributed by atoms with E-state index in [2.05, 4.69) is 0 Å². The Morgan fingerprint density at radius 1 is 1.62 bits per heavy atom. The van der Waals surface area contributed by atoms with E-state index in [0.29, 0.717) is 24.0 Å². The van der Waals surface area contributed by atoms with Crippen LogP contribution in [0.3, 0.4) is 0 Å². The van der Waals surface area contributed by atoms with E-state index in [4.69, 9.17) is 20.8 Å². The van der Waals surface area contributed by atoms with Crippen LogP contribution in [0.5, 0.6) is 0 Å². The molecule has 1 aromatic rings. The van der Waals surface area contributed by atoms with Crippen molar-refractivity contribution in [2.45, 2.75) is 18.9 Å². The van der Waals surface area contributed by atoms with E-state index < -0.39 is 6.10 Å². The van der Waals surface area contributed by atoms with Gasteiger partial charge in [0.05, 0.1) is 0 Å². The molecule has 0 spiro atoms. The first-order valence-corrected chi connectivity index (χ1v) is 4.54. The number of hydrogen-bond acceptors (Lipinski definition) is 3. The van der Waals surface area contributed by atoms with Crippen molar-refractivity contribution in [3.05, 3.63) is 23.1 Å². The van der Waals surface area contributed by atoms with Crippen molar-refractivity contribution in [2.75, 3.05) is 13.7 Å². The number of hydrogen-bond donors (Lipinski definition) is 1. The van der Waals surface area contributed by atoms with E-state index in [1.807, 2.05) is 0 Å². The molecule has 1 aromatic heterocycles. The first kappa shape index (κ1) is 10.6. The third-order valence-electron chi connectivity index (χ3n) is 1.75. The lowest BCUT2D eigenvalue weighted by molar-refractivity contribution is 0.118. The van der Waals surface area contributed by atoms with Crippen molar-refractivity contribution in [1.29, 1.82) is 0 Å². The second-order valence-corrected chi connectivity index (χ2v) is 3.17. The first-order chi connectivity index (χ1) is 6.24. The summed E-state index contributed by atoms with van der Waals surface area (Å²) in [6, 6.07) is 3.30. The lowest BCUT2D eigenvalue weighted by Gasteiger charge is -2.06. The number of methoxy groups -OCH3 is 1. The minimum Gasteiger partial charge on any atom is -0.447 e. The third kappa shape index (κ3) is 3.38. The van der Waals surface area contributed by atoms with Gasteiger partial charge in [-0.1, -0.05) is 0 Å². The normalized spacial score (nSPS) is 13.2. The van der Waals surface area contributed by atoms with Crippen LogP contribution < -0.4 is 0 Å². The minimum atomic E-state index is -0.581. The molecule has 1 unspecified atom stereocenters. The number of rotatable bonds is 5. The van der Waals surface area contributed by atoms with Gasteiger partial charge in [-0.15, -0.1) is 0 Å². The second-order valence-electron chi connectivity index (χ2n) is 2.79. The largest absolute Gasteiger partial charge is 0.447 e. The molecule has 0 aromatic carbocycles. The van der Waals surface area contributed by atoms with Crippen LogP contribution in [0.25, 0.3) is 0 Å². The van der Waals surface area contributed by atoms with Crippen molar-refractivity contribution in [3.63, 3.8) is 0 Å². The van der Waals surface area contributed by atoms with Gasteiger partial charge in [-0.2, -0.15) is 0 Å². The molecule has 0 aliphatic carbocycles. The first-order valence-electron chi connectivity index (χ1n) is 4.16. The molecule has 1 atom stereocenters. The molecule has 0 bridgehead atoms. The van der Waals surface area contributed by atoms with Crippen LogP contribution in [0.1, 0.15) is 24.7 Å². The Morgan fingerprint density at radius 2 is 2.38 bits per heavy atom. The topological polar surface area (TPSA) is 42.6 Å². The summed E-state index contributed by atoms with van der Waals surface area (Å²) >= 11 is 5.56. The van der Waals surface area contributed by atoms with Gasteiger partial charge in [-0.05, 0) is 36.6 Å². The number of ether oxygens (including phenoxy) is 1. The highest BCUT2D eigenvalue weighted by Gasteiger charge is 2.10. The average Bonchev–Trinajstić information content (AvgIpc) is 2.52. The van der Waals surface area contributed by atoms with Crippen molar-refractivity contribution < 1.29 is 14.3 Å². The number of aliphatic hydroxyl groups excluding tert-OH is 1. The Hall–Kier alpha value is -0.510. The van der Waals surface area contributed by atoms with Gasteiger partial charge < -0.3 is 14.3 Å². The lowest BCUT2D eigenvalue weighted by Crippen LogP contribution is -1.98. The monoisotopic (exact) mass is 204 g/mol. The van der Waals surface area contributed by atoms with E-state index >= 15 is 0 Å². The van der Waals surface area contributed by atoms with Crippen LogP contribution in [0.2, 0.25) is 5.22 Å². The Balaban J connectivity index is 2.35. The molecule has 0 fully saturated rings. The molecule has 0 radical (unpaired) electrons. The van der Waals surface area contributed by atoms with Crippen molar-refractivity contribution >= 4 is 11.6 Å². The van der Waals surface area contributed by atoms with Gasteiger partial charge in [0.1, 0.15) is 11.9 Å². The lowest BCUT2D eigenvalue weighted by atomic mass is 10.1. The Morgan fingerprint density at radius 3 is 2.92 bits per heavy atom. The van der Waals surface area contributed by atoms with Gasteiger partial charge in [0.15, 0.2) is 5.22 Å². The van der Waals surface area contributed by atoms with Gasteiger partial charge in [0, 0.05) is 13.7 Å².